The van der Waals surface area contributed by atoms with Crippen LogP contribution < -0.4 is 0 Å². The molecule has 0 atom stereocenters. The zero-order valence-corrected chi connectivity index (χ0v) is 49.9. The monoisotopic (exact) mass is 1050 g/mol. The number of rotatable bonds is 4. The number of fused-ring (bicyclic) bond motifs is 18. The average molecular weight is 1060 g/mol. The second-order valence-electron chi connectivity index (χ2n) is 27.7. The van der Waals surface area contributed by atoms with Gasteiger partial charge in [0.1, 0.15) is 0 Å². The van der Waals surface area contributed by atoms with Crippen molar-refractivity contribution in [1.82, 2.24) is 0 Å². The minimum Gasteiger partial charge on any atom is -0.0616 e. The average Bonchev–Trinajstić information content (AvgIpc) is 4.20. The van der Waals surface area contributed by atoms with Crippen molar-refractivity contribution >= 4 is 64.6 Å². The van der Waals surface area contributed by atoms with E-state index in [4.69, 9.17) is 0 Å². The Balaban J connectivity index is 1.07. The number of hydrogen-bond donors (Lipinski definition) is 0. The van der Waals surface area contributed by atoms with Gasteiger partial charge < -0.3 is 0 Å². The lowest BCUT2D eigenvalue weighted by Gasteiger charge is -2.32. The molecule has 1 spiro atoms. The fourth-order valence-corrected chi connectivity index (χ4v) is 16.1. The predicted octanol–water partition coefficient (Wildman–Crippen LogP) is 23.1. The molecule has 0 heteroatoms. The molecule has 0 aromatic heterocycles. The Hall–Kier alpha value is -8.32. The second kappa shape index (κ2) is 16.7. The first-order valence-electron chi connectivity index (χ1n) is 30.2. The molecule has 0 aliphatic heterocycles. The van der Waals surface area contributed by atoms with Crippen LogP contribution in [0, 0.1) is 20.8 Å². The summed E-state index contributed by atoms with van der Waals surface area (Å²) < 4.78 is 0. The molecule has 0 heterocycles. The molecule has 0 bridgehead atoms. The third-order valence-corrected chi connectivity index (χ3v) is 19.9. The van der Waals surface area contributed by atoms with Gasteiger partial charge in [-0.3, -0.25) is 0 Å². The Labute approximate surface area is 483 Å². The van der Waals surface area contributed by atoms with Crippen LogP contribution in [-0.2, 0) is 16.2 Å². The van der Waals surface area contributed by atoms with Gasteiger partial charge in [-0.2, -0.15) is 0 Å². The number of aryl methyl sites for hydroxylation is 3. The van der Waals surface area contributed by atoms with Gasteiger partial charge in [0, 0.05) is 0 Å². The van der Waals surface area contributed by atoms with Crippen molar-refractivity contribution in [1.29, 1.82) is 0 Å². The fraction of sp³-hybridized carbons (Fsp3) is 0.220. The van der Waals surface area contributed by atoms with Crippen molar-refractivity contribution in [3.63, 3.8) is 0 Å². The third kappa shape index (κ3) is 6.45. The number of benzene rings is 13. The first kappa shape index (κ1) is 49.5. The summed E-state index contributed by atoms with van der Waals surface area (Å²) in [5, 5.41) is 16.2. The van der Waals surface area contributed by atoms with Gasteiger partial charge in [-0.25, -0.2) is 0 Å². The Morgan fingerprint density at radius 2 is 0.707 bits per heavy atom. The molecule has 13 aromatic rings. The van der Waals surface area contributed by atoms with Gasteiger partial charge in [0.25, 0.3) is 0 Å². The Kier molecular flexibility index (Phi) is 10.1. The zero-order valence-electron chi connectivity index (χ0n) is 49.9. The third-order valence-electron chi connectivity index (χ3n) is 19.9. The van der Waals surface area contributed by atoms with E-state index in [1.165, 1.54) is 193 Å². The van der Waals surface area contributed by atoms with Crippen LogP contribution in [0.1, 0.15) is 142 Å². The molecule has 0 amide bonds. The maximum Gasteiger partial charge on any atom is 0.0726 e. The van der Waals surface area contributed by atoms with Crippen LogP contribution in [0.25, 0.3) is 131 Å². The van der Waals surface area contributed by atoms with Crippen LogP contribution >= 0.6 is 0 Å². The fourth-order valence-electron chi connectivity index (χ4n) is 16.1. The van der Waals surface area contributed by atoms with Gasteiger partial charge >= 0.3 is 0 Å². The highest BCUT2D eigenvalue weighted by Gasteiger charge is 2.53. The lowest BCUT2D eigenvalue weighted by atomic mass is 9.69. The molecule has 0 N–H and O–H groups in total. The summed E-state index contributed by atoms with van der Waals surface area (Å²) in [5.74, 6) is 0.536. The highest BCUT2D eigenvalue weighted by atomic mass is 14.5. The molecule has 3 aliphatic rings. The van der Waals surface area contributed by atoms with Crippen molar-refractivity contribution < 1.29 is 0 Å². The predicted molar refractivity (Wildman–Crippen MR) is 354 cm³/mol. The zero-order chi connectivity index (χ0) is 56.4. The molecule has 0 saturated carbocycles. The van der Waals surface area contributed by atoms with Crippen molar-refractivity contribution in [2.24, 2.45) is 0 Å². The Morgan fingerprint density at radius 1 is 0.293 bits per heavy atom. The lowest BCUT2D eigenvalue weighted by molar-refractivity contribution is 0.590. The molecule has 13 aromatic carbocycles. The molecule has 0 fully saturated rings. The summed E-state index contributed by atoms with van der Waals surface area (Å²) in [6.07, 6.45) is 0. The molecule has 0 nitrogen and oxygen atoms in total. The smallest absolute Gasteiger partial charge is 0.0616 e. The standard InChI is InChI=1S/C82H70/c1-43(2)59-38-61-56-19-16-20-58-74(56)67(42-71-75(58)57-34-23-47(7)37-70(57)82(71)68-35-45(5)21-32-52(68)53-33-22-46(6)36-69(53)82)64-39-60(44(3)4)77-66-41-63-62(40-65(66)76(59)79(77)78(61)64)72(48-24-28-50(29-25-48)80(8,9)10)54-17-14-15-18-55(54)73(63)49-26-30-51(31-27-49)81(11,12)13/h14-44H,1-13H3. The quantitative estimate of drug-likeness (QED) is 0.122. The lowest BCUT2D eigenvalue weighted by Crippen LogP contribution is -2.26. The summed E-state index contributed by atoms with van der Waals surface area (Å²) in [5.41, 5.74) is 30.9. The van der Waals surface area contributed by atoms with E-state index in [-0.39, 0.29) is 22.7 Å². The minimum atomic E-state index is -0.476. The van der Waals surface area contributed by atoms with E-state index in [9.17, 15) is 0 Å². The number of hydrogen-bond acceptors (Lipinski definition) is 0. The highest BCUT2D eigenvalue weighted by molar-refractivity contribution is 6.40. The van der Waals surface area contributed by atoms with Crippen LogP contribution in [0.3, 0.4) is 0 Å². The topological polar surface area (TPSA) is 0 Å². The highest BCUT2D eigenvalue weighted by Crippen LogP contribution is 2.66. The first-order chi connectivity index (χ1) is 39.3. The second-order valence-corrected chi connectivity index (χ2v) is 27.7. The minimum absolute atomic E-state index is 0.0436. The van der Waals surface area contributed by atoms with E-state index in [0.717, 1.165) is 0 Å². The first-order valence-corrected chi connectivity index (χ1v) is 30.2. The molecule has 82 heavy (non-hydrogen) atoms. The molecule has 0 saturated heterocycles. The van der Waals surface area contributed by atoms with Gasteiger partial charge in [-0.15, -0.1) is 0 Å². The van der Waals surface area contributed by atoms with Crippen LogP contribution in [0.4, 0.5) is 0 Å². The Morgan fingerprint density at radius 3 is 1.17 bits per heavy atom. The summed E-state index contributed by atoms with van der Waals surface area (Å²) in [7, 11) is 0. The van der Waals surface area contributed by atoms with E-state index in [1.54, 1.807) is 0 Å². The molecular formula is C82H70. The molecule has 3 aliphatic carbocycles. The van der Waals surface area contributed by atoms with Crippen LogP contribution in [0.15, 0.2) is 176 Å². The van der Waals surface area contributed by atoms with Gasteiger partial charge in [0.2, 0.25) is 0 Å². The molecular weight excluding hydrogens is 985 g/mol. The van der Waals surface area contributed by atoms with Crippen molar-refractivity contribution in [2.75, 3.05) is 0 Å². The van der Waals surface area contributed by atoms with E-state index in [2.05, 4.69) is 266 Å². The Bertz CT molecular complexity index is 4800. The van der Waals surface area contributed by atoms with Crippen LogP contribution in [0.2, 0.25) is 0 Å². The van der Waals surface area contributed by atoms with Gasteiger partial charge in [-0.1, -0.05) is 232 Å². The summed E-state index contributed by atoms with van der Waals surface area (Å²) in [6, 6.07) is 70.7. The maximum atomic E-state index is 2.71. The normalized spacial score (nSPS) is 14.0. The van der Waals surface area contributed by atoms with Gasteiger partial charge in [0.15, 0.2) is 0 Å². The van der Waals surface area contributed by atoms with Crippen LogP contribution in [-0.4, -0.2) is 0 Å². The molecule has 398 valence electrons. The summed E-state index contributed by atoms with van der Waals surface area (Å²) >= 11 is 0. The van der Waals surface area contributed by atoms with Crippen molar-refractivity contribution in [2.45, 2.75) is 118 Å². The van der Waals surface area contributed by atoms with Crippen LogP contribution in [0.5, 0.6) is 0 Å². The van der Waals surface area contributed by atoms with Crippen molar-refractivity contribution in [3.05, 3.63) is 237 Å². The SMILES string of the molecule is Cc1ccc2c(c1)C1(c3cc(C)ccc3-2)c2cc(C)ccc2-c2c1cc1c3cc(C(C)C)c4c5c(c(C(C)C)cc(c6cccc2c61)c53)-c1cc2c(-c3ccc(C(C)(C)C)cc3)c3ccccc3c(-c3ccc(C(C)(C)C)cc3)c2cc1-4. The summed E-state index contributed by atoms with van der Waals surface area (Å²) in [6.45, 7) is 30.5. The van der Waals surface area contributed by atoms with Gasteiger partial charge in [0.05, 0.1) is 5.41 Å². The molecule has 0 radical (unpaired) electrons. The van der Waals surface area contributed by atoms with E-state index < -0.39 is 5.41 Å². The van der Waals surface area contributed by atoms with E-state index >= 15 is 0 Å². The van der Waals surface area contributed by atoms with E-state index in [1.807, 2.05) is 0 Å². The summed E-state index contributed by atoms with van der Waals surface area (Å²) in [4.78, 5) is 0. The molecule has 0 unspecified atom stereocenters. The molecule has 16 rings (SSSR count). The van der Waals surface area contributed by atoms with E-state index in [0.29, 0.717) is 0 Å². The largest absolute Gasteiger partial charge is 0.0726 e. The maximum absolute atomic E-state index is 2.71. The van der Waals surface area contributed by atoms with Crippen molar-refractivity contribution in [3.8, 4) is 66.8 Å². The van der Waals surface area contributed by atoms with Gasteiger partial charge in [-0.05, 0) is 250 Å².